The van der Waals surface area contributed by atoms with Crippen LogP contribution in [0.5, 0.6) is 0 Å². The SMILES string of the molecule is C=C/C=C\N(C(C)=O)c1ccc(N2CCN(CCC)CC2)cc1. The van der Waals surface area contributed by atoms with Crippen LogP contribution in [0.25, 0.3) is 0 Å². The van der Waals surface area contributed by atoms with Gasteiger partial charge in [0.1, 0.15) is 0 Å². The quantitative estimate of drug-likeness (QED) is 0.754. The average molecular weight is 313 g/mol. The summed E-state index contributed by atoms with van der Waals surface area (Å²) in [5.74, 6) is -0.0102. The highest BCUT2D eigenvalue weighted by molar-refractivity contribution is 5.93. The van der Waals surface area contributed by atoms with Gasteiger partial charge in [0, 0.05) is 50.7 Å². The summed E-state index contributed by atoms with van der Waals surface area (Å²) in [6, 6.07) is 8.20. The predicted octanol–water partition coefficient (Wildman–Crippen LogP) is 3.27. The first-order chi connectivity index (χ1) is 11.2. The topological polar surface area (TPSA) is 26.8 Å². The minimum absolute atomic E-state index is 0.0102. The maximum Gasteiger partial charge on any atom is 0.227 e. The fraction of sp³-hybridized carbons (Fsp3) is 0.421. The van der Waals surface area contributed by atoms with Crippen molar-refractivity contribution in [2.24, 2.45) is 0 Å². The molecule has 4 heteroatoms. The van der Waals surface area contributed by atoms with Crippen molar-refractivity contribution in [1.29, 1.82) is 0 Å². The third kappa shape index (κ3) is 4.70. The van der Waals surface area contributed by atoms with Gasteiger partial charge in [0.15, 0.2) is 0 Å². The maximum absolute atomic E-state index is 11.8. The van der Waals surface area contributed by atoms with Crippen LogP contribution in [-0.2, 0) is 4.79 Å². The number of piperazine rings is 1. The van der Waals surface area contributed by atoms with E-state index in [9.17, 15) is 4.79 Å². The molecule has 1 heterocycles. The molecule has 1 fully saturated rings. The molecule has 0 aliphatic carbocycles. The van der Waals surface area contributed by atoms with Gasteiger partial charge >= 0.3 is 0 Å². The number of carbonyl (C=O) groups is 1. The zero-order valence-electron chi connectivity index (χ0n) is 14.2. The fourth-order valence-electron chi connectivity index (χ4n) is 2.89. The van der Waals surface area contributed by atoms with Crippen LogP contribution in [0.15, 0.2) is 49.2 Å². The van der Waals surface area contributed by atoms with Crippen molar-refractivity contribution in [3.8, 4) is 0 Å². The monoisotopic (exact) mass is 313 g/mol. The number of benzene rings is 1. The first kappa shape index (κ1) is 17.3. The standard InChI is InChI=1S/C19H27N3O/c1-4-6-12-22(17(3)23)19-9-7-18(8-10-19)21-15-13-20(11-5-2)14-16-21/h4,6-10,12H,1,5,11,13-16H2,2-3H3/b12-6-. The molecular weight excluding hydrogens is 286 g/mol. The molecule has 0 radical (unpaired) electrons. The molecule has 0 N–H and O–H groups in total. The smallest absolute Gasteiger partial charge is 0.227 e. The molecule has 0 spiro atoms. The molecule has 0 unspecified atom stereocenters. The van der Waals surface area contributed by atoms with Crippen LogP contribution in [0.1, 0.15) is 20.3 Å². The molecule has 1 amide bonds. The summed E-state index contributed by atoms with van der Waals surface area (Å²) in [5.41, 5.74) is 2.10. The summed E-state index contributed by atoms with van der Waals surface area (Å²) in [7, 11) is 0. The Balaban J connectivity index is 2.03. The minimum Gasteiger partial charge on any atom is -0.369 e. The number of hydrogen-bond donors (Lipinski definition) is 0. The van der Waals surface area contributed by atoms with E-state index in [4.69, 9.17) is 0 Å². The number of hydrogen-bond acceptors (Lipinski definition) is 3. The van der Waals surface area contributed by atoms with Gasteiger partial charge in [-0.15, -0.1) is 0 Å². The molecule has 4 nitrogen and oxygen atoms in total. The average Bonchev–Trinajstić information content (AvgIpc) is 2.57. The number of carbonyl (C=O) groups excluding carboxylic acids is 1. The summed E-state index contributed by atoms with van der Waals surface area (Å²) in [5, 5.41) is 0. The van der Waals surface area contributed by atoms with Crippen molar-refractivity contribution in [1.82, 2.24) is 4.90 Å². The van der Waals surface area contributed by atoms with E-state index in [0.29, 0.717) is 0 Å². The molecule has 0 saturated carbocycles. The van der Waals surface area contributed by atoms with Crippen molar-refractivity contribution in [2.45, 2.75) is 20.3 Å². The molecular formula is C19H27N3O. The summed E-state index contributed by atoms with van der Waals surface area (Å²) >= 11 is 0. The van der Waals surface area contributed by atoms with Gasteiger partial charge < -0.3 is 4.90 Å². The lowest BCUT2D eigenvalue weighted by molar-refractivity contribution is -0.116. The van der Waals surface area contributed by atoms with Crippen LogP contribution in [0.4, 0.5) is 11.4 Å². The van der Waals surface area contributed by atoms with Crippen LogP contribution in [0.2, 0.25) is 0 Å². The van der Waals surface area contributed by atoms with Crippen molar-refractivity contribution in [3.05, 3.63) is 49.2 Å². The fourth-order valence-corrected chi connectivity index (χ4v) is 2.89. The molecule has 1 aromatic rings. The summed E-state index contributed by atoms with van der Waals surface area (Å²) in [6.45, 7) is 13.0. The van der Waals surface area contributed by atoms with Crippen LogP contribution in [0, 0.1) is 0 Å². The number of amides is 1. The van der Waals surface area contributed by atoms with Gasteiger partial charge in [-0.2, -0.15) is 0 Å². The van der Waals surface area contributed by atoms with Crippen molar-refractivity contribution in [3.63, 3.8) is 0 Å². The molecule has 1 aliphatic rings. The normalized spacial score (nSPS) is 15.8. The Morgan fingerprint density at radius 3 is 2.39 bits per heavy atom. The Morgan fingerprint density at radius 2 is 1.87 bits per heavy atom. The molecule has 124 valence electrons. The van der Waals surface area contributed by atoms with Crippen LogP contribution in [0.3, 0.4) is 0 Å². The molecule has 0 bridgehead atoms. The summed E-state index contributed by atoms with van der Waals surface area (Å²) in [6.07, 6.45) is 6.39. The Morgan fingerprint density at radius 1 is 1.22 bits per heavy atom. The zero-order chi connectivity index (χ0) is 16.7. The van der Waals surface area contributed by atoms with Gasteiger partial charge in [-0.25, -0.2) is 0 Å². The largest absolute Gasteiger partial charge is 0.369 e. The number of nitrogens with zero attached hydrogens (tertiary/aromatic N) is 3. The van der Waals surface area contributed by atoms with Crippen LogP contribution >= 0.6 is 0 Å². The van der Waals surface area contributed by atoms with E-state index >= 15 is 0 Å². The highest BCUT2D eigenvalue weighted by atomic mass is 16.2. The molecule has 0 aromatic heterocycles. The van der Waals surface area contributed by atoms with Gasteiger partial charge in [-0.05, 0) is 43.3 Å². The second-order valence-electron chi connectivity index (χ2n) is 5.81. The number of anilines is 2. The Labute approximate surface area is 139 Å². The number of rotatable bonds is 6. The molecule has 1 saturated heterocycles. The Kier molecular flexibility index (Phi) is 6.41. The van der Waals surface area contributed by atoms with Crippen molar-refractivity contribution >= 4 is 17.3 Å². The predicted molar refractivity (Wildman–Crippen MR) is 97.9 cm³/mol. The van der Waals surface area contributed by atoms with E-state index in [-0.39, 0.29) is 5.91 Å². The molecule has 1 aromatic carbocycles. The van der Waals surface area contributed by atoms with Gasteiger partial charge in [0.05, 0.1) is 0 Å². The summed E-state index contributed by atoms with van der Waals surface area (Å²) < 4.78 is 0. The van der Waals surface area contributed by atoms with Gasteiger partial charge in [0.2, 0.25) is 5.91 Å². The first-order valence-corrected chi connectivity index (χ1v) is 8.32. The van der Waals surface area contributed by atoms with Gasteiger partial charge in [0.25, 0.3) is 0 Å². The van der Waals surface area contributed by atoms with E-state index < -0.39 is 0 Å². The molecule has 23 heavy (non-hydrogen) atoms. The third-order valence-electron chi connectivity index (χ3n) is 4.12. The lowest BCUT2D eigenvalue weighted by Gasteiger charge is -2.36. The lowest BCUT2D eigenvalue weighted by Crippen LogP contribution is -2.46. The van der Waals surface area contributed by atoms with Crippen LogP contribution in [-0.4, -0.2) is 43.5 Å². The number of allylic oxidation sites excluding steroid dienone is 2. The first-order valence-electron chi connectivity index (χ1n) is 8.32. The zero-order valence-corrected chi connectivity index (χ0v) is 14.2. The van der Waals surface area contributed by atoms with Crippen LogP contribution < -0.4 is 9.80 Å². The summed E-state index contributed by atoms with van der Waals surface area (Å²) in [4.78, 5) is 18.3. The van der Waals surface area contributed by atoms with Gasteiger partial charge in [-0.3, -0.25) is 14.6 Å². The second-order valence-corrected chi connectivity index (χ2v) is 5.81. The maximum atomic E-state index is 11.8. The van der Waals surface area contributed by atoms with Crippen molar-refractivity contribution in [2.75, 3.05) is 42.5 Å². The highest BCUT2D eigenvalue weighted by Gasteiger charge is 2.16. The van der Waals surface area contributed by atoms with Gasteiger partial charge in [-0.1, -0.05) is 19.6 Å². The minimum atomic E-state index is -0.0102. The van der Waals surface area contributed by atoms with E-state index in [1.54, 1.807) is 30.2 Å². The molecule has 2 rings (SSSR count). The Bertz CT molecular complexity index is 542. The van der Waals surface area contributed by atoms with E-state index in [1.165, 1.54) is 18.7 Å². The van der Waals surface area contributed by atoms with E-state index in [1.807, 2.05) is 12.1 Å². The highest BCUT2D eigenvalue weighted by Crippen LogP contribution is 2.22. The Hall–Kier alpha value is -2.07. The second kappa shape index (κ2) is 8.53. The molecule has 0 atom stereocenters. The van der Waals surface area contributed by atoms with Crippen molar-refractivity contribution < 1.29 is 4.79 Å². The molecule has 1 aliphatic heterocycles. The lowest BCUT2D eigenvalue weighted by atomic mass is 10.2. The third-order valence-corrected chi connectivity index (χ3v) is 4.12. The van der Waals surface area contributed by atoms with E-state index in [0.717, 1.165) is 31.9 Å². The van der Waals surface area contributed by atoms with E-state index in [2.05, 4.69) is 35.4 Å².